The van der Waals surface area contributed by atoms with Gasteiger partial charge in [0.2, 0.25) is 0 Å². The maximum absolute atomic E-state index is 6.86. The molecule has 2 aromatic carbocycles. The topological polar surface area (TPSA) is 31.4 Å². The molecule has 4 heteroatoms. The highest BCUT2D eigenvalue weighted by Crippen LogP contribution is 2.41. The van der Waals surface area contributed by atoms with Crippen molar-refractivity contribution in [3.8, 4) is 5.75 Å². The van der Waals surface area contributed by atoms with Crippen LogP contribution in [-0.4, -0.2) is 20.4 Å². The molecule has 1 unspecified atom stereocenters. The fourth-order valence-electron chi connectivity index (χ4n) is 3.57. The number of hydrogen-bond donors (Lipinski definition) is 0. The summed E-state index contributed by atoms with van der Waals surface area (Å²) in [7, 11) is -0.158. The lowest BCUT2D eigenvalue weighted by molar-refractivity contribution is 0.170. The number of fused-ring (bicyclic) bond motifs is 1. The van der Waals surface area contributed by atoms with Crippen LogP contribution in [-0.2, 0) is 10.8 Å². The van der Waals surface area contributed by atoms with Crippen LogP contribution in [0.15, 0.2) is 60.8 Å². The normalized spacial score (nSPS) is 13.4. The minimum atomic E-state index is -1.87. The van der Waals surface area contributed by atoms with Gasteiger partial charge < -0.3 is 9.16 Å². The van der Waals surface area contributed by atoms with Gasteiger partial charge in [0.15, 0.2) is 8.32 Å². The van der Waals surface area contributed by atoms with E-state index in [9.17, 15) is 0 Å². The third kappa shape index (κ3) is 6.17. The molecule has 0 radical (unpaired) electrons. The molecule has 3 rings (SSSR count). The Balaban J connectivity index is 1.65. The molecule has 3 aromatic rings. The molecule has 0 saturated carbocycles. The van der Waals surface area contributed by atoms with Gasteiger partial charge in [0, 0.05) is 11.6 Å². The number of hydrogen-bond acceptors (Lipinski definition) is 3. The van der Waals surface area contributed by atoms with Crippen molar-refractivity contribution in [2.45, 2.75) is 70.7 Å². The number of unbranched alkanes of at least 4 members (excludes halogenated alkanes) is 1. The first kappa shape index (κ1) is 23.5. The number of benzene rings is 2. The Morgan fingerprint density at radius 3 is 2.39 bits per heavy atom. The molecule has 0 aliphatic rings. The largest absolute Gasteiger partial charge is 0.497 e. The van der Waals surface area contributed by atoms with Gasteiger partial charge in [-0.1, -0.05) is 57.5 Å². The maximum atomic E-state index is 6.86. The Bertz CT molecular complexity index is 976. The van der Waals surface area contributed by atoms with E-state index in [-0.39, 0.29) is 11.1 Å². The first-order valence-corrected chi connectivity index (χ1v) is 14.3. The number of aryl methyl sites for hydroxylation is 1. The van der Waals surface area contributed by atoms with Crippen molar-refractivity contribution in [1.29, 1.82) is 0 Å². The van der Waals surface area contributed by atoms with Crippen LogP contribution in [0.3, 0.4) is 0 Å². The summed E-state index contributed by atoms with van der Waals surface area (Å²) < 4.78 is 12.2. The molecule has 0 spiro atoms. The zero-order valence-corrected chi connectivity index (χ0v) is 20.9. The number of aromatic nitrogens is 1. The Morgan fingerprint density at radius 1 is 0.968 bits per heavy atom. The van der Waals surface area contributed by atoms with Crippen LogP contribution in [0.1, 0.15) is 57.3 Å². The lowest BCUT2D eigenvalue weighted by atomic mass is 10.0. The second-order valence-electron chi connectivity index (χ2n) is 9.92. The summed E-state index contributed by atoms with van der Waals surface area (Å²) in [5.74, 6) is 0.889. The Morgan fingerprint density at radius 2 is 1.71 bits per heavy atom. The lowest BCUT2D eigenvalue weighted by Crippen LogP contribution is -2.41. The standard InChI is InChI=1S/C27H37NO2Si/c1-27(2,3)31(5,6)30-26(23-15-17-24(29-4)18-16-23)12-8-7-10-21-13-14-22-11-9-19-28-25(22)20-21/h9,11,13-20,26H,7-8,10,12H2,1-6H3. The summed E-state index contributed by atoms with van der Waals surface area (Å²) >= 11 is 0. The first-order chi connectivity index (χ1) is 14.7. The molecule has 3 nitrogen and oxygen atoms in total. The van der Waals surface area contributed by atoms with Crippen LogP contribution in [0, 0.1) is 0 Å². The predicted octanol–water partition coefficient (Wildman–Crippen LogP) is 7.72. The Kier molecular flexibility index (Phi) is 7.55. The van der Waals surface area contributed by atoms with E-state index in [1.807, 2.05) is 24.4 Å². The maximum Gasteiger partial charge on any atom is 0.192 e. The minimum absolute atomic E-state index is 0.130. The third-order valence-corrected chi connectivity index (χ3v) is 11.1. The summed E-state index contributed by atoms with van der Waals surface area (Å²) in [5.41, 5.74) is 3.69. The second-order valence-corrected chi connectivity index (χ2v) is 14.7. The van der Waals surface area contributed by atoms with E-state index in [0.29, 0.717) is 0 Å². The number of methoxy groups -OCH3 is 1. The van der Waals surface area contributed by atoms with Gasteiger partial charge in [0.1, 0.15) is 5.75 Å². The minimum Gasteiger partial charge on any atom is -0.497 e. The van der Waals surface area contributed by atoms with Crippen LogP contribution in [0.25, 0.3) is 10.9 Å². The van der Waals surface area contributed by atoms with Crippen molar-refractivity contribution >= 4 is 19.2 Å². The third-order valence-electron chi connectivity index (χ3n) is 6.58. The van der Waals surface area contributed by atoms with Crippen molar-refractivity contribution in [3.63, 3.8) is 0 Å². The number of pyridine rings is 1. The highest BCUT2D eigenvalue weighted by Gasteiger charge is 2.39. The summed E-state index contributed by atoms with van der Waals surface area (Å²) in [5, 5.41) is 1.39. The van der Waals surface area contributed by atoms with E-state index in [1.165, 1.54) is 16.5 Å². The van der Waals surface area contributed by atoms with Crippen molar-refractivity contribution in [2.24, 2.45) is 0 Å². The monoisotopic (exact) mass is 435 g/mol. The first-order valence-electron chi connectivity index (χ1n) is 11.3. The van der Waals surface area contributed by atoms with Crippen LogP contribution >= 0.6 is 0 Å². The number of ether oxygens (including phenoxy) is 1. The smallest absolute Gasteiger partial charge is 0.192 e. The van der Waals surface area contributed by atoms with E-state index in [1.54, 1.807) is 7.11 Å². The van der Waals surface area contributed by atoms with Gasteiger partial charge in [-0.25, -0.2) is 0 Å². The average Bonchev–Trinajstić information content (AvgIpc) is 2.75. The molecule has 31 heavy (non-hydrogen) atoms. The van der Waals surface area contributed by atoms with Gasteiger partial charge in [-0.15, -0.1) is 0 Å². The SMILES string of the molecule is COc1ccc(C(CCCCc2ccc3cccnc3c2)O[Si](C)(C)C(C)(C)C)cc1. The van der Waals surface area contributed by atoms with Gasteiger partial charge in [0.05, 0.1) is 18.7 Å². The van der Waals surface area contributed by atoms with E-state index in [4.69, 9.17) is 9.16 Å². The van der Waals surface area contributed by atoms with Gasteiger partial charge in [-0.2, -0.15) is 0 Å². The molecule has 0 aliphatic carbocycles. The molecule has 0 N–H and O–H groups in total. The number of rotatable bonds is 9. The Hall–Kier alpha value is -2.17. The van der Waals surface area contributed by atoms with Crippen molar-refractivity contribution < 1.29 is 9.16 Å². The van der Waals surface area contributed by atoms with Crippen LogP contribution in [0.2, 0.25) is 18.1 Å². The zero-order valence-electron chi connectivity index (χ0n) is 19.9. The van der Waals surface area contributed by atoms with Gasteiger partial charge in [-0.05, 0) is 72.8 Å². The highest BCUT2D eigenvalue weighted by atomic mass is 28.4. The molecule has 1 heterocycles. The Labute approximate surface area is 189 Å². The lowest BCUT2D eigenvalue weighted by Gasteiger charge is -2.39. The van der Waals surface area contributed by atoms with Crippen molar-refractivity contribution in [3.05, 3.63) is 71.9 Å². The molecule has 0 fully saturated rings. The summed E-state index contributed by atoms with van der Waals surface area (Å²) in [6.45, 7) is 11.6. The average molecular weight is 436 g/mol. The summed E-state index contributed by atoms with van der Waals surface area (Å²) in [6.07, 6.45) is 6.37. The van der Waals surface area contributed by atoms with E-state index in [2.05, 4.69) is 75.2 Å². The van der Waals surface area contributed by atoms with Gasteiger partial charge >= 0.3 is 0 Å². The predicted molar refractivity (Wildman–Crippen MR) is 133 cm³/mol. The summed E-state index contributed by atoms with van der Waals surface area (Å²) in [4.78, 5) is 4.49. The van der Waals surface area contributed by atoms with Crippen LogP contribution in [0.5, 0.6) is 5.75 Å². The van der Waals surface area contributed by atoms with E-state index in [0.717, 1.165) is 36.9 Å². The van der Waals surface area contributed by atoms with Gasteiger partial charge in [-0.3, -0.25) is 4.98 Å². The molecule has 1 aromatic heterocycles. The molecule has 0 saturated heterocycles. The fourth-order valence-corrected chi connectivity index (χ4v) is 4.89. The fraction of sp³-hybridized carbons (Fsp3) is 0.444. The van der Waals surface area contributed by atoms with Gasteiger partial charge in [0.25, 0.3) is 0 Å². The molecule has 0 amide bonds. The molecule has 0 bridgehead atoms. The van der Waals surface area contributed by atoms with E-state index < -0.39 is 8.32 Å². The van der Waals surface area contributed by atoms with Crippen LogP contribution in [0.4, 0.5) is 0 Å². The van der Waals surface area contributed by atoms with Crippen molar-refractivity contribution in [1.82, 2.24) is 4.98 Å². The second kappa shape index (κ2) is 9.97. The zero-order chi connectivity index (χ0) is 22.5. The molecule has 166 valence electrons. The highest BCUT2D eigenvalue weighted by molar-refractivity contribution is 6.74. The number of nitrogens with zero attached hydrogens (tertiary/aromatic N) is 1. The molecule has 1 atom stereocenters. The molecular weight excluding hydrogens is 398 g/mol. The van der Waals surface area contributed by atoms with Crippen LogP contribution < -0.4 is 4.74 Å². The molecular formula is C27H37NO2Si. The van der Waals surface area contributed by atoms with Crippen molar-refractivity contribution in [2.75, 3.05) is 7.11 Å². The quantitative estimate of drug-likeness (QED) is 0.255. The molecule has 0 aliphatic heterocycles. The summed E-state index contributed by atoms with van der Waals surface area (Å²) in [6, 6.07) is 19.1. The van der Waals surface area contributed by atoms with E-state index >= 15 is 0 Å².